The van der Waals surface area contributed by atoms with Crippen molar-refractivity contribution in [2.45, 2.75) is 19.3 Å². The Hall–Kier alpha value is -2.11. The van der Waals surface area contributed by atoms with Crippen LogP contribution in [0.1, 0.15) is 24.0 Å². The van der Waals surface area contributed by atoms with E-state index in [1.54, 1.807) is 0 Å². The zero-order valence-corrected chi connectivity index (χ0v) is 14.9. The van der Waals surface area contributed by atoms with E-state index < -0.39 is 5.41 Å². The molecule has 0 N–H and O–H groups in total. The predicted octanol–water partition coefficient (Wildman–Crippen LogP) is 5.52. The standard InChI is InChI=1S/C20H17IN2/c21-14-19(18-9-5-2-6-10-18)13-20(15-22,16-23)12-11-17-7-3-1-4-8-17/h1-10,14H,11-13H2/b19-14+. The number of allylic oxidation sites excluding steroid dienone is 1. The van der Waals surface area contributed by atoms with Crippen LogP contribution in [0.25, 0.3) is 5.57 Å². The predicted molar refractivity (Wildman–Crippen MR) is 101 cm³/mol. The lowest BCUT2D eigenvalue weighted by Crippen LogP contribution is -2.18. The first-order valence-electron chi connectivity index (χ1n) is 7.44. The summed E-state index contributed by atoms with van der Waals surface area (Å²) < 4.78 is 1.97. The summed E-state index contributed by atoms with van der Waals surface area (Å²) in [6.07, 6.45) is 1.70. The van der Waals surface area contributed by atoms with Gasteiger partial charge in [-0.2, -0.15) is 10.5 Å². The average Bonchev–Trinajstić information content (AvgIpc) is 2.64. The maximum atomic E-state index is 9.64. The number of halogens is 1. The molecule has 0 radical (unpaired) electrons. The highest BCUT2D eigenvalue weighted by atomic mass is 127. The molecule has 0 heterocycles. The molecule has 0 aliphatic heterocycles. The van der Waals surface area contributed by atoms with Crippen molar-refractivity contribution >= 4 is 28.2 Å². The third-order valence-electron chi connectivity index (χ3n) is 3.88. The second-order valence-corrected chi connectivity index (χ2v) is 6.09. The summed E-state index contributed by atoms with van der Waals surface area (Å²) in [7, 11) is 0. The van der Waals surface area contributed by atoms with Crippen LogP contribution in [0.4, 0.5) is 0 Å². The summed E-state index contributed by atoms with van der Waals surface area (Å²) in [5.41, 5.74) is 2.25. The fraction of sp³-hybridized carbons (Fsp3) is 0.200. The van der Waals surface area contributed by atoms with Gasteiger partial charge in [-0.15, -0.1) is 0 Å². The molecule has 0 amide bonds. The van der Waals surface area contributed by atoms with E-state index in [1.165, 1.54) is 0 Å². The maximum Gasteiger partial charge on any atom is 0.148 e. The van der Waals surface area contributed by atoms with E-state index in [1.807, 2.05) is 64.7 Å². The van der Waals surface area contributed by atoms with Crippen molar-refractivity contribution in [2.75, 3.05) is 0 Å². The summed E-state index contributed by atoms with van der Waals surface area (Å²) in [6, 6.07) is 24.5. The van der Waals surface area contributed by atoms with Crippen molar-refractivity contribution in [3.63, 3.8) is 0 Å². The first-order chi connectivity index (χ1) is 11.2. The molecule has 0 aliphatic rings. The second kappa shape index (κ2) is 8.50. The van der Waals surface area contributed by atoms with Gasteiger partial charge >= 0.3 is 0 Å². The molecular weight excluding hydrogens is 395 g/mol. The summed E-state index contributed by atoms with van der Waals surface area (Å²) >= 11 is 2.18. The fourth-order valence-electron chi connectivity index (χ4n) is 2.49. The Morgan fingerprint density at radius 2 is 1.52 bits per heavy atom. The Labute approximate surface area is 151 Å². The lowest BCUT2D eigenvalue weighted by atomic mass is 9.78. The Bertz CT molecular complexity index is 723. The Kier molecular flexibility index (Phi) is 6.38. The van der Waals surface area contributed by atoms with E-state index in [2.05, 4.69) is 34.7 Å². The van der Waals surface area contributed by atoms with Crippen molar-refractivity contribution in [1.82, 2.24) is 0 Å². The van der Waals surface area contributed by atoms with Crippen molar-refractivity contribution in [3.05, 3.63) is 75.9 Å². The Balaban J connectivity index is 2.17. The molecule has 114 valence electrons. The molecule has 0 aliphatic carbocycles. The number of hydrogen-bond donors (Lipinski definition) is 0. The zero-order valence-electron chi connectivity index (χ0n) is 12.7. The van der Waals surface area contributed by atoms with Gasteiger partial charge in [-0.25, -0.2) is 0 Å². The van der Waals surface area contributed by atoms with E-state index in [-0.39, 0.29) is 0 Å². The molecule has 0 atom stereocenters. The third kappa shape index (κ3) is 4.68. The minimum atomic E-state index is -0.997. The highest BCUT2D eigenvalue weighted by molar-refractivity contribution is 14.1. The number of rotatable bonds is 6. The van der Waals surface area contributed by atoms with Crippen LogP contribution < -0.4 is 0 Å². The molecule has 2 rings (SSSR count). The normalized spacial score (nSPS) is 11.5. The molecule has 2 aromatic rings. The Morgan fingerprint density at radius 3 is 2.04 bits per heavy atom. The summed E-state index contributed by atoms with van der Waals surface area (Å²) in [5.74, 6) is 0. The zero-order chi connectivity index (χ0) is 16.5. The molecule has 0 saturated carbocycles. The molecule has 0 unspecified atom stereocenters. The van der Waals surface area contributed by atoms with Gasteiger partial charge < -0.3 is 0 Å². The van der Waals surface area contributed by atoms with Crippen LogP contribution >= 0.6 is 22.6 Å². The monoisotopic (exact) mass is 412 g/mol. The van der Waals surface area contributed by atoms with Crippen LogP contribution in [-0.2, 0) is 6.42 Å². The molecule has 3 heteroatoms. The van der Waals surface area contributed by atoms with Gasteiger partial charge in [-0.3, -0.25) is 0 Å². The number of benzene rings is 2. The van der Waals surface area contributed by atoms with E-state index in [9.17, 15) is 10.5 Å². The van der Waals surface area contributed by atoms with Crippen LogP contribution in [0.3, 0.4) is 0 Å². The van der Waals surface area contributed by atoms with Gasteiger partial charge in [-0.1, -0.05) is 83.3 Å². The van der Waals surface area contributed by atoms with E-state index >= 15 is 0 Å². The van der Waals surface area contributed by atoms with Crippen LogP contribution in [0, 0.1) is 28.1 Å². The van der Waals surface area contributed by atoms with Crippen molar-refractivity contribution in [2.24, 2.45) is 5.41 Å². The molecule has 2 nitrogen and oxygen atoms in total. The molecule has 0 aromatic heterocycles. The largest absolute Gasteiger partial charge is 0.197 e. The number of aryl methyl sites for hydroxylation is 1. The first-order valence-corrected chi connectivity index (χ1v) is 8.69. The molecule has 0 saturated heterocycles. The van der Waals surface area contributed by atoms with Gasteiger partial charge in [0.2, 0.25) is 0 Å². The van der Waals surface area contributed by atoms with E-state index in [0.717, 1.165) is 23.1 Å². The van der Waals surface area contributed by atoms with Crippen molar-refractivity contribution in [3.8, 4) is 12.1 Å². The number of hydrogen-bond acceptors (Lipinski definition) is 2. The van der Waals surface area contributed by atoms with Crippen LogP contribution in [0.5, 0.6) is 0 Å². The highest BCUT2D eigenvalue weighted by Crippen LogP contribution is 2.35. The summed E-state index contributed by atoms with van der Waals surface area (Å²) in [4.78, 5) is 0. The third-order valence-corrected chi connectivity index (χ3v) is 4.63. The second-order valence-electron chi connectivity index (χ2n) is 5.47. The van der Waals surface area contributed by atoms with Crippen molar-refractivity contribution in [1.29, 1.82) is 10.5 Å². The SMILES string of the molecule is N#CC(C#N)(CCc1ccccc1)C/C(=C\I)c1ccccc1. The average molecular weight is 412 g/mol. The molecule has 0 fully saturated rings. The molecular formula is C20H17IN2. The van der Waals surface area contributed by atoms with Gasteiger partial charge in [0.1, 0.15) is 5.41 Å². The van der Waals surface area contributed by atoms with Gasteiger partial charge in [0.05, 0.1) is 12.1 Å². The Morgan fingerprint density at radius 1 is 0.957 bits per heavy atom. The summed E-state index contributed by atoms with van der Waals surface area (Å²) in [6.45, 7) is 0. The lowest BCUT2D eigenvalue weighted by Gasteiger charge is -2.20. The first kappa shape index (κ1) is 17.2. The minimum absolute atomic E-state index is 0.444. The van der Waals surface area contributed by atoms with E-state index in [0.29, 0.717) is 12.8 Å². The minimum Gasteiger partial charge on any atom is -0.197 e. The molecule has 23 heavy (non-hydrogen) atoms. The number of nitriles is 2. The van der Waals surface area contributed by atoms with Gasteiger partial charge in [-0.05, 0) is 33.6 Å². The topological polar surface area (TPSA) is 47.6 Å². The van der Waals surface area contributed by atoms with Crippen LogP contribution in [-0.4, -0.2) is 0 Å². The molecule has 0 bridgehead atoms. The van der Waals surface area contributed by atoms with Gasteiger partial charge in [0.15, 0.2) is 0 Å². The van der Waals surface area contributed by atoms with Gasteiger partial charge in [0, 0.05) is 6.42 Å². The summed E-state index contributed by atoms with van der Waals surface area (Å²) in [5, 5.41) is 19.3. The van der Waals surface area contributed by atoms with Crippen LogP contribution in [0.15, 0.2) is 64.7 Å². The quantitative estimate of drug-likeness (QED) is 0.587. The van der Waals surface area contributed by atoms with E-state index in [4.69, 9.17) is 0 Å². The van der Waals surface area contributed by atoms with Crippen LogP contribution in [0.2, 0.25) is 0 Å². The molecule has 2 aromatic carbocycles. The smallest absolute Gasteiger partial charge is 0.148 e. The number of nitrogens with zero attached hydrogens (tertiary/aromatic N) is 2. The maximum absolute atomic E-state index is 9.64. The van der Waals surface area contributed by atoms with Crippen molar-refractivity contribution < 1.29 is 0 Å². The van der Waals surface area contributed by atoms with Gasteiger partial charge in [0.25, 0.3) is 0 Å². The molecule has 0 spiro atoms. The highest BCUT2D eigenvalue weighted by Gasteiger charge is 2.31. The fourth-order valence-corrected chi connectivity index (χ4v) is 3.07. The lowest BCUT2D eigenvalue weighted by molar-refractivity contribution is 0.490.